The zero-order chi connectivity index (χ0) is 22.3. The quantitative estimate of drug-likeness (QED) is 0.766. The van der Waals surface area contributed by atoms with Gasteiger partial charge in [-0.2, -0.15) is 13.2 Å². The summed E-state index contributed by atoms with van der Waals surface area (Å²) in [6.07, 6.45) is -4.80. The van der Waals surface area contributed by atoms with Crippen LogP contribution in [0.1, 0.15) is 19.4 Å². The van der Waals surface area contributed by atoms with Crippen molar-refractivity contribution < 1.29 is 32.6 Å². The Morgan fingerprint density at radius 3 is 2.13 bits per heavy atom. The lowest BCUT2D eigenvalue weighted by Crippen LogP contribution is -2.62. The van der Waals surface area contributed by atoms with Crippen LogP contribution >= 0.6 is 0 Å². The lowest BCUT2D eigenvalue weighted by molar-refractivity contribution is -0.192. The van der Waals surface area contributed by atoms with E-state index in [1.165, 1.54) is 0 Å². The van der Waals surface area contributed by atoms with Crippen molar-refractivity contribution in [1.29, 1.82) is 0 Å². The number of rotatable bonds is 4. The predicted octanol–water partition coefficient (Wildman–Crippen LogP) is 2.57. The minimum absolute atomic E-state index is 0.0180. The smallest absolute Gasteiger partial charge is 0.475 e. The Morgan fingerprint density at radius 1 is 1.13 bits per heavy atom. The van der Waals surface area contributed by atoms with Crippen LogP contribution in [0.4, 0.5) is 18.0 Å². The molecule has 7 nitrogen and oxygen atoms in total. The molecule has 0 radical (unpaired) electrons. The van der Waals surface area contributed by atoms with Crippen molar-refractivity contribution in [3.63, 3.8) is 0 Å². The Morgan fingerprint density at radius 2 is 1.67 bits per heavy atom. The van der Waals surface area contributed by atoms with Gasteiger partial charge >= 0.3 is 18.2 Å². The number of ether oxygens (including phenoxy) is 1. The molecule has 0 aliphatic carbocycles. The molecule has 10 heteroatoms. The highest BCUT2D eigenvalue weighted by atomic mass is 19.4. The molecule has 2 bridgehead atoms. The number of carboxylic acid groups (broad SMARTS) is 1. The summed E-state index contributed by atoms with van der Waals surface area (Å²) in [6, 6.07) is 10.0. The number of benzene rings is 1. The van der Waals surface area contributed by atoms with Crippen molar-refractivity contribution in [3.8, 4) is 0 Å². The molecular weight excluding hydrogens is 403 g/mol. The first-order valence-electron chi connectivity index (χ1n) is 9.79. The number of carboxylic acids is 1. The number of carbonyl (C=O) groups is 2. The molecule has 168 valence electrons. The standard InChI is InChI=1S/C18H27N3O2.C2HF3O2/c1-14(2)9-20-10-16-12-21(13-17(11-20)23-16)18(22)19-8-15-6-4-3-5-7-15;3-2(4,5)1(6)7/h3-7,14,16-17H,8-13H2,1-2H3,(H,19,22);(H,6,7). The average molecular weight is 431 g/mol. The third-order valence-electron chi connectivity index (χ3n) is 4.60. The molecule has 30 heavy (non-hydrogen) atoms. The fourth-order valence-corrected chi connectivity index (χ4v) is 3.49. The van der Waals surface area contributed by atoms with Gasteiger partial charge in [0.2, 0.25) is 0 Å². The molecule has 2 aliphatic heterocycles. The summed E-state index contributed by atoms with van der Waals surface area (Å²) < 4.78 is 37.8. The van der Waals surface area contributed by atoms with Gasteiger partial charge in [-0.05, 0) is 11.5 Å². The molecule has 0 spiro atoms. The van der Waals surface area contributed by atoms with E-state index in [-0.39, 0.29) is 18.2 Å². The SMILES string of the molecule is CC(C)CN1CC2CN(C(=O)NCc3ccccc3)CC(C1)O2.O=C(O)C(F)(F)F. The van der Waals surface area contributed by atoms with Gasteiger partial charge in [-0.1, -0.05) is 44.2 Å². The summed E-state index contributed by atoms with van der Waals surface area (Å²) in [5.41, 5.74) is 1.12. The van der Waals surface area contributed by atoms with Gasteiger partial charge in [0.05, 0.1) is 12.2 Å². The van der Waals surface area contributed by atoms with Gasteiger partial charge in [-0.3, -0.25) is 4.90 Å². The zero-order valence-electron chi connectivity index (χ0n) is 17.1. The second-order valence-electron chi connectivity index (χ2n) is 7.84. The van der Waals surface area contributed by atoms with Crippen LogP contribution in [0.15, 0.2) is 30.3 Å². The minimum atomic E-state index is -5.08. The highest BCUT2D eigenvalue weighted by Gasteiger charge is 2.38. The van der Waals surface area contributed by atoms with E-state index < -0.39 is 12.1 Å². The molecule has 0 aromatic heterocycles. The third kappa shape index (κ3) is 7.83. The normalized spacial score (nSPS) is 21.6. The predicted molar refractivity (Wildman–Crippen MR) is 104 cm³/mol. The number of amides is 2. The molecule has 0 saturated carbocycles. The number of fused-ring (bicyclic) bond motifs is 2. The highest BCUT2D eigenvalue weighted by molar-refractivity contribution is 5.74. The number of aliphatic carboxylic acids is 1. The Bertz CT molecular complexity index is 686. The van der Waals surface area contributed by atoms with E-state index in [1.54, 1.807) is 0 Å². The van der Waals surface area contributed by atoms with Crippen molar-refractivity contribution in [2.45, 2.75) is 38.8 Å². The van der Waals surface area contributed by atoms with E-state index in [9.17, 15) is 18.0 Å². The molecular formula is C20H28F3N3O4. The number of morpholine rings is 2. The third-order valence-corrected chi connectivity index (χ3v) is 4.60. The number of hydrogen-bond donors (Lipinski definition) is 2. The molecule has 3 rings (SSSR count). The molecule has 1 aromatic rings. The molecule has 2 aliphatic rings. The maximum atomic E-state index is 12.4. The first-order valence-corrected chi connectivity index (χ1v) is 9.79. The van der Waals surface area contributed by atoms with Gasteiger partial charge in [0, 0.05) is 39.3 Å². The molecule has 1 aromatic carbocycles. The number of carbonyl (C=O) groups excluding carboxylic acids is 1. The number of nitrogens with one attached hydrogen (secondary N) is 1. The van der Waals surface area contributed by atoms with Crippen molar-refractivity contribution in [2.75, 3.05) is 32.7 Å². The van der Waals surface area contributed by atoms with Crippen LogP contribution in [0, 0.1) is 5.92 Å². The molecule has 2 heterocycles. The highest BCUT2D eigenvalue weighted by Crippen LogP contribution is 2.20. The molecule has 2 unspecified atom stereocenters. The lowest BCUT2D eigenvalue weighted by Gasteiger charge is -2.46. The van der Waals surface area contributed by atoms with Gasteiger partial charge in [0.1, 0.15) is 0 Å². The molecule has 2 atom stereocenters. The summed E-state index contributed by atoms with van der Waals surface area (Å²) in [5, 5.41) is 10.1. The Kier molecular flexibility index (Phi) is 8.48. The number of hydrogen-bond acceptors (Lipinski definition) is 4. The Hall–Kier alpha value is -2.33. The number of urea groups is 1. The monoisotopic (exact) mass is 431 g/mol. The van der Waals surface area contributed by atoms with Crippen LogP contribution in [0.2, 0.25) is 0 Å². The molecule has 2 amide bonds. The topological polar surface area (TPSA) is 82.1 Å². The summed E-state index contributed by atoms with van der Waals surface area (Å²) >= 11 is 0. The number of nitrogens with zero attached hydrogens (tertiary/aromatic N) is 2. The summed E-state index contributed by atoms with van der Waals surface area (Å²) in [5.74, 6) is -2.09. The molecule has 2 N–H and O–H groups in total. The van der Waals surface area contributed by atoms with Crippen molar-refractivity contribution in [1.82, 2.24) is 15.1 Å². The van der Waals surface area contributed by atoms with Gasteiger partial charge in [0.15, 0.2) is 0 Å². The summed E-state index contributed by atoms with van der Waals surface area (Å²) in [4.78, 5) is 25.7. The van der Waals surface area contributed by atoms with Crippen LogP contribution in [0.5, 0.6) is 0 Å². The number of alkyl halides is 3. The fraction of sp³-hybridized carbons (Fsp3) is 0.600. The average Bonchev–Trinajstić information content (AvgIpc) is 2.65. The fourth-order valence-electron chi connectivity index (χ4n) is 3.49. The largest absolute Gasteiger partial charge is 0.490 e. The first-order chi connectivity index (χ1) is 14.0. The van der Waals surface area contributed by atoms with Crippen LogP contribution in [0.25, 0.3) is 0 Å². The van der Waals surface area contributed by atoms with Gasteiger partial charge in [-0.15, -0.1) is 0 Å². The van der Waals surface area contributed by atoms with Crippen molar-refractivity contribution in [3.05, 3.63) is 35.9 Å². The van der Waals surface area contributed by atoms with Crippen LogP contribution in [-0.4, -0.2) is 78.0 Å². The number of halogens is 3. The Balaban J connectivity index is 0.000000396. The summed E-state index contributed by atoms with van der Waals surface area (Å²) in [7, 11) is 0. The van der Waals surface area contributed by atoms with E-state index in [0.29, 0.717) is 25.6 Å². The van der Waals surface area contributed by atoms with Gasteiger partial charge in [0.25, 0.3) is 0 Å². The lowest BCUT2D eigenvalue weighted by atomic mass is 10.1. The van der Waals surface area contributed by atoms with E-state index in [2.05, 4.69) is 24.1 Å². The van der Waals surface area contributed by atoms with E-state index in [4.69, 9.17) is 14.6 Å². The van der Waals surface area contributed by atoms with E-state index in [0.717, 1.165) is 25.2 Å². The van der Waals surface area contributed by atoms with E-state index in [1.807, 2.05) is 35.2 Å². The van der Waals surface area contributed by atoms with Crippen LogP contribution < -0.4 is 5.32 Å². The van der Waals surface area contributed by atoms with Gasteiger partial charge < -0.3 is 20.1 Å². The van der Waals surface area contributed by atoms with Crippen LogP contribution in [0.3, 0.4) is 0 Å². The second kappa shape index (κ2) is 10.6. The van der Waals surface area contributed by atoms with Gasteiger partial charge in [-0.25, -0.2) is 9.59 Å². The van der Waals surface area contributed by atoms with Crippen LogP contribution in [-0.2, 0) is 16.1 Å². The van der Waals surface area contributed by atoms with E-state index >= 15 is 0 Å². The first kappa shape index (κ1) is 23.9. The van der Waals surface area contributed by atoms with Crippen molar-refractivity contribution in [2.24, 2.45) is 5.92 Å². The molecule has 2 fully saturated rings. The Labute approximate surface area is 173 Å². The molecule has 2 saturated heterocycles. The minimum Gasteiger partial charge on any atom is -0.475 e. The zero-order valence-corrected chi connectivity index (χ0v) is 17.1. The summed E-state index contributed by atoms with van der Waals surface area (Å²) in [6.45, 7) is 9.40. The van der Waals surface area contributed by atoms with Crippen molar-refractivity contribution >= 4 is 12.0 Å². The second-order valence-corrected chi connectivity index (χ2v) is 7.84. The maximum absolute atomic E-state index is 12.4. The maximum Gasteiger partial charge on any atom is 0.490 e.